The molecule has 0 radical (unpaired) electrons. The molecule has 0 aliphatic heterocycles. The summed E-state index contributed by atoms with van der Waals surface area (Å²) >= 11 is 11.8. The fourth-order valence-corrected chi connectivity index (χ4v) is 3.38. The Hall–Kier alpha value is -1.34. The Morgan fingerprint density at radius 2 is 1.92 bits per heavy atom. The Bertz CT molecular complexity index is 828. The van der Waals surface area contributed by atoms with Crippen molar-refractivity contribution >= 4 is 33.0 Å². The van der Waals surface area contributed by atoms with E-state index in [4.69, 9.17) is 27.9 Å². The van der Waals surface area contributed by atoms with E-state index >= 15 is 0 Å². The van der Waals surface area contributed by atoms with E-state index in [9.17, 15) is 12.8 Å². The topological polar surface area (TPSA) is 55.4 Å². The minimum atomic E-state index is -3.34. The van der Waals surface area contributed by atoms with Crippen LogP contribution in [0.5, 0.6) is 5.75 Å². The van der Waals surface area contributed by atoms with E-state index in [1.165, 1.54) is 30.3 Å². The van der Waals surface area contributed by atoms with Crippen molar-refractivity contribution in [2.24, 2.45) is 0 Å². The summed E-state index contributed by atoms with van der Waals surface area (Å²) in [5.74, 6) is -0.169. The van der Waals surface area contributed by atoms with E-state index in [-0.39, 0.29) is 17.3 Å². The minimum Gasteiger partial charge on any atom is -0.491 e. The number of halogens is 3. The van der Waals surface area contributed by atoms with E-state index in [2.05, 4.69) is 5.32 Å². The van der Waals surface area contributed by atoms with Crippen LogP contribution in [0.25, 0.3) is 0 Å². The average Bonchev–Trinajstić information content (AvgIpc) is 2.49. The Balaban J connectivity index is 1.91. The van der Waals surface area contributed by atoms with Gasteiger partial charge in [0.15, 0.2) is 9.84 Å². The summed E-state index contributed by atoms with van der Waals surface area (Å²) in [6.07, 6.45) is 1.15. The molecule has 0 fully saturated rings. The molecule has 2 rings (SSSR count). The molecule has 8 heteroatoms. The van der Waals surface area contributed by atoms with E-state index < -0.39 is 15.7 Å². The van der Waals surface area contributed by atoms with E-state index in [1.54, 1.807) is 6.07 Å². The van der Waals surface area contributed by atoms with Gasteiger partial charge in [0.2, 0.25) is 0 Å². The Morgan fingerprint density at radius 1 is 1.17 bits per heavy atom. The van der Waals surface area contributed by atoms with Gasteiger partial charge in [0, 0.05) is 30.4 Å². The predicted molar refractivity (Wildman–Crippen MR) is 93.2 cm³/mol. The van der Waals surface area contributed by atoms with E-state index in [1.807, 2.05) is 0 Å². The van der Waals surface area contributed by atoms with Gasteiger partial charge in [-0.05, 0) is 35.9 Å². The van der Waals surface area contributed by atoms with Crippen molar-refractivity contribution in [3.05, 3.63) is 57.8 Å². The molecule has 0 heterocycles. The molecule has 0 aromatic heterocycles. The monoisotopic (exact) mass is 391 g/mol. The van der Waals surface area contributed by atoms with Crippen LogP contribution in [0.1, 0.15) is 5.56 Å². The van der Waals surface area contributed by atoms with Crippen molar-refractivity contribution in [3.8, 4) is 5.75 Å². The quantitative estimate of drug-likeness (QED) is 0.730. The summed E-state index contributed by atoms with van der Waals surface area (Å²) in [4.78, 5) is 0.230. The maximum atomic E-state index is 13.1. The zero-order valence-corrected chi connectivity index (χ0v) is 15.2. The van der Waals surface area contributed by atoms with Crippen molar-refractivity contribution < 1.29 is 17.5 Å². The number of rotatable bonds is 7. The van der Waals surface area contributed by atoms with Crippen molar-refractivity contribution in [2.75, 3.05) is 19.4 Å². The van der Waals surface area contributed by atoms with Gasteiger partial charge in [-0.1, -0.05) is 23.2 Å². The van der Waals surface area contributed by atoms with Crippen LogP contribution < -0.4 is 10.1 Å². The number of benzene rings is 2. The molecular formula is C16H16Cl2FNO3S. The van der Waals surface area contributed by atoms with Gasteiger partial charge >= 0.3 is 0 Å². The van der Waals surface area contributed by atoms with Crippen LogP contribution in [0.3, 0.4) is 0 Å². The van der Waals surface area contributed by atoms with Crippen molar-refractivity contribution in [1.82, 2.24) is 5.32 Å². The van der Waals surface area contributed by atoms with Crippen LogP contribution in [0.4, 0.5) is 4.39 Å². The maximum Gasteiger partial charge on any atom is 0.175 e. The standard InChI is InChI=1S/C16H16Cl2FNO3S/c1-24(21,22)16-5-2-12(17)8-11(16)10-20-6-7-23-15-9-13(19)3-4-14(15)18/h2-5,8-9,20H,6-7,10H2,1H3. The largest absolute Gasteiger partial charge is 0.491 e. The third-order valence-electron chi connectivity index (χ3n) is 3.17. The van der Waals surface area contributed by atoms with Gasteiger partial charge in [-0.25, -0.2) is 12.8 Å². The molecule has 0 aliphatic carbocycles. The lowest BCUT2D eigenvalue weighted by atomic mass is 10.2. The molecule has 0 atom stereocenters. The maximum absolute atomic E-state index is 13.1. The van der Waals surface area contributed by atoms with Crippen molar-refractivity contribution in [2.45, 2.75) is 11.4 Å². The van der Waals surface area contributed by atoms with Crippen molar-refractivity contribution in [1.29, 1.82) is 0 Å². The summed E-state index contributed by atoms with van der Waals surface area (Å²) in [6, 6.07) is 8.51. The third-order valence-corrected chi connectivity index (χ3v) is 4.91. The van der Waals surface area contributed by atoms with Gasteiger partial charge in [-0.2, -0.15) is 0 Å². The first-order valence-electron chi connectivity index (χ1n) is 7.04. The molecule has 130 valence electrons. The van der Waals surface area contributed by atoms with Crippen LogP contribution in [-0.4, -0.2) is 27.8 Å². The van der Waals surface area contributed by atoms with Crippen LogP contribution in [0.2, 0.25) is 10.0 Å². The third kappa shape index (κ3) is 5.34. The van der Waals surface area contributed by atoms with Gasteiger partial charge in [-0.15, -0.1) is 0 Å². The zero-order valence-electron chi connectivity index (χ0n) is 12.9. The molecule has 24 heavy (non-hydrogen) atoms. The highest BCUT2D eigenvalue weighted by Crippen LogP contribution is 2.24. The summed E-state index contributed by atoms with van der Waals surface area (Å²) in [6.45, 7) is 0.976. The second-order valence-corrected chi connectivity index (χ2v) is 7.95. The molecule has 0 unspecified atom stereocenters. The van der Waals surface area contributed by atoms with Crippen LogP contribution in [0.15, 0.2) is 41.3 Å². The fourth-order valence-electron chi connectivity index (χ4n) is 2.09. The molecule has 4 nitrogen and oxygen atoms in total. The predicted octanol–water partition coefficient (Wildman–Crippen LogP) is 3.70. The first-order chi connectivity index (χ1) is 11.3. The molecule has 2 aromatic carbocycles. The molecule has 0 saturated carbocycles. The number of sulfone groups is 1. The van der Waals surface area contributed by atoms with Crippen LogP contribution >= 0.6 is 23.2 Å². The first-order valence-corrected chi connectivity index (χ1v) is 9.69. The first kappa shape index (κ1) is 19.0. The normalized spacial score (nSPS) is 11.5. The summed E-state index contributed by atoms with van der Waals surface area (Å²) in [5.41, 5.74) is 0.578. The molecule has 0 amide bonds. The summed E-state index contributed by atoms with van der Waals surface area (Å²) < 4.78 is 42.0. The Labute approximate surface area is 150 Å². The lowest BCUT2D eigenvalue weighted by Crippen LogP contribution is -2.21. The lowest BCUT2D eigenvalue weighted by molar-refractivity contribution is 0.312. The summed E-state index contributed by atoms with van der Waals surface area (Å²) in [7, 11) is -3.34. The lowest BCUT2D eigenvalue weighted by Gasteiger charge is -2.11. The van der Waals surface area contributed by atoms with Crippen LogP contribution in [0, 0.1) is 5.82 Å². The molecule has 1 N–H and O–H groups in total. The van der Waals surface area contributed by atoms with Gasteiger partial charge in [-0.3, -0.25) is 0 Å². The van der Waals surface area contributed by atoms with Crippen LogP contribution in [-0.2, 0) is 16.4 Å². The van der Waals surface area contributed by atoms with Gasteiger partial charge in [0.1, 0.15) is 18.2 Å². The number of hydrogen-bond donors (Lipinski definition) is 1. The number of nitrogens with one attached hydrogen (secondary N) is 1. The molecule has 0 bridgehead atoms. The minimum absolute atomic E-state index is 0.230. The van der Waals surface area contributed by atoms with Gasteiger partial charge < -0.3 is 10.1 Å². The van der Waals surface area contributed by atoms with Gasteiger partial charge in [0.25, 0.3) is 0 Å². The molecule has 0 spiro atoms. The number of ether oxygens (including phenoxy) is 1. The molecule has 0 aliphatic rings. The second kappa shape index (κ2) is 8.16. The summed E-state index contributed by atoms with van der Waals surface area (Å²) in [5, 5.41) is 3.85. The van der Waals surface area contributed by atoms with E-state index in [0.29, 0.717) is 28.7 Å². The second-order valence-electron chi connectivity index (χ2n) is 5.12. The number of hydrogen-bond acceptors (Lipinski definition) is 4. The Kier molecular flexibility index (Phi) is 6.46. The van der Waals surface area contributed by atoms with E-state index in [0.717, 1.165) is 6.26 Å². The smallest absolute Gasteiger partial charge is 0.175 e. The molecular weight excluding hydrogens is 376 g/mol. The average molecular weight is 392 g/mol. The van der Waals surface area contributed by atoms with Gasteiger partial charge in [0.05, 0.1) is 9.92 Å². The highest BCUT2D eigenvalue weighted by Gasteiger charge is 2.13. The highest BCUT2D eigenvalue weighted by molar-refractivity contribution is 7.90. The molecule has 0 saturated heterocycles. The SMILES string of the molecule is CS(=O)(=O)c1ccc(Cl)cc1CNCCOc1cc(F)ccc1Cl. The Morgan fingerprint density at radius 3 is 2.62 bits per heavy atom. The fraction of sp³-hybridized carbons (Fsp3) is 0.250. The molecule has 2 aromatic rings. The zero-order chi connectivity index (χ0) is 17.7. The highest BCUT2D eigenvalue weighted by atomic mass is 35.5. The van der Waals surface area contributed by atoms with Crippen molar-refractivity contribution in [3.63, 3.8) is 0 Å².